The van der Waals surface area contributed by atoms with Gasteiger partial charge in [-0.25, -0.2) is 4.79 Å². The summed E-state index contributed by atoms with van der Waals surface area (Å²) in [6, 6.07) is 3.90. The van der Waals surface area contributed by atoms with Crippen molar-refractivity contribution in [2.24, 2.45) is 5.41 Å². The van der Waals surface area contributed by atoms with Gasteiger partial charge in [-0.2, -0.15) is 0 Å². The number of likely N-dealkylation sites (N-methyl/N-ethyl adjacent to an activating group) is 1. The van der Waals surface area contributed by atoms with Crippen LogP contribution in [0.25, 0.3) is 0 Å². The molecule has 0 atom stereocenters. The van der Waals surface area contributed by atoms with Crippen LogP contribution in [-0.4, -0.2) is 29.0 Å². The molecule has 20 heavy (non-hydrogen) atoms. The number of aromatic nitrogens is 1. The summed E-state index contributed by atoms with van der Waals surface area (Å²) in [7, 11) is 0. The molecule has 110 valence electrons. The fourth-order valence-corrected chi connectivity index (χ4v) is 1.67. The van der Waals surface area contributed by atoms with Gasteiger partial charge in [-0.05, 0) is 36.5 Å². The van der Waals surface area contributed by atoms with E-state index in [9.17, 15) is 4.79 Å². The first kappa shape index (κ1) is 16.2. The summed E-state index contributed by atoms with van der Waals surface area (Å²) in [6.45, 7) is 9.67. The van der Waals surface area contributed by atoms with Gasteiger partial charge in [-0.1, -0.05) is 26.8 Å². The molecule has 0 saturated heterocycles. The molecule has 1 heterocycles. The van der Waals surface area contributed by atoms with Crippen LogP contribution < -0.4 is 5.32 Å². The lowest BCUT2D eigenvalue weighted by Crippen LogP contribution is -2.38. The average Bonchev–Trinajstić information content (AvgIpc) is 2.39. The van der Waals surface area contributed by atoms with E-state index in [4.69, 9.17) is 0 Å². The first-order valence-electron chi connectivity index (χ1n) is 7.04. The zero-order chi connectivity index (χ0) is 15.0. The molecule has 1 rings (SSSR count). The average molecular weight is 275 g/mol. The molecule has 4 nitrogen and oxygen atoms in total. The van der Waals surface area contributed by atoms with Crippen LogP contribution >= 0.6 is 0 Å². The fraction of sp³-hybridized carbons (Fsp3) is 0.500. The number of pyridine rings is 1. The van der Waals surface area contributed by atoms with Crippen LogP contribution in [-0.2, 0) is 6.42 Å². The highest BCUT2D eigenvalue weighted by Gasteiger charge is 2.10. The van der Waals surface area contributed by atoms with Crippen molar-refractivity contribution in [2.75, 3.05) is 13.1 Å². The van der Waals surface area contributed by atoms with Gasteiger partial charge >= 0.3 is 6.03 Å². The molecule has 0 radical (unpaired) electrons. The normalized spacial score (nSPS) is 11.6. The molecule has 0 fully saturated rings. The summed E-state index contributed by atoms with van der Waals surface area (Å²) < 4.78 is 0. The Kier molecular flexibility index (Phi) is 6.22. The molecule has 0 aliphatic heterocycles. The van der Waals surface area contributed by atoms with Crippen molar-refractivity contribution in [1.29, 1.82) is 0 Å². The molecule has 0 aliphatic carbocycles. The van der Waals surface area contributed by atoms with Crippen LogP contribution in [0.5, 0.6) is 0 Å². The summed E-state index contributed by atoms with van der Waals surface area (Å²) in [5.41, 5.74) is 1.26. The van der Waals surface area contributed by atoms with E-state index in [-0.39, 0.29) is 11.4 Å². The highest BCUT2D eigenvalue weighted by atomic mass is 16.2. The number of amides is 2. The summed E-state index contributed by atoms with van der Waals surface area (Å²) in [5.74, 6) is 0. The Morgan fingerprint density at radius 3 is 2.55 bits per heavy atom. The van der Waals surface area contributed by atoms with Gasteiger partial charge in [-0.15, -0.1) is 0 Å². The number of rotatable bonds is 5. The molecule has 0 aliphatic rings. The summed E-state index contributed by atoms with van der Waals surface area (Å²) in [6.07, 6.45) is 8.11. The maximum Gasteiger partial charge on any atom is 0.321 e. The largest absolute Gasteiger partial charge is 0.324 e. The SMILES string of the molecule is CCN(CCc1ccncc1)C(=O)N/C=C/C(C)(C)C. The Hall–Kier alpha value is -1.84. The van der Waals surface area contributed by atoms with Gasteiger partial charge in [-0.3, -0.25) is 4.98 Å². The molecular weight excluding hydrogens is 250 g/mol. The monoisotopic (exact) mass is 275 g/mol. The predicted molar refractivity (Wildman–Crippen MR) is 82.3 cm³/mol. The molecule has 1 aromatic rings. The molecule has 1 aromatic heterocycles. The maximum absolute atomic E-state index is 12.0. The summed E-state index contributed by atoms with van der Waals surface area (Å²) >= 11 is 0. The lowest BCUT2D eigenvalue weighted by atomic mass is 9.97. The van der Waals surface area contributed by atoms with Crippen molar-refractivity contribution in [3.8, 4) is 0 Å². The minimum Gasteiger partial charge on any atom is -0.324 e. The number of nitrogens with zero attached hydrogens (tertiary/aromatic N) is 2. The number of nitrogens with one attached hydrogen (secondary N) is 1. The number of carbonyl (C=O) groups excluding carboxylic acids is 1. The van der Waals surface area contributed by atoms with Crippen LogP contribution in [0.15, 0.2) is 36.8 Å². The van der Waals surface area contributed by atoms with Gasteiger partial charge in [0.05, 0.1) is 0 Å². The van der Waals surface area contributed by atoms with E-state index in [1.165, 1.54) is 5.56 Å². The molecule has 0 unspecified atom stereocenters. The predicted octanol–water partition coefficient (Wildman–Crippen LogP) is 3.22. The Morgan fingerprint density at radius 1 is 1.35 bits per heavy atom. The molecule has 4 heteroatoms. The molecule has 0 spiro atoms. The molecular formula is C16H25N3O. The van der Waals surface area contributed by atoms with Crippen LogP contribution in [0.3, 0.4) is 0 Å². The number of allylic oxidation sites excluding steroid dienone is 1. The van der Waals surface area contributed by atoms with Crippen molar-refractivity contribution in [3.63, 3.8) is 0 Å². The zero-order valence-corrected chi connectivity index (χ0v) is 12.9. The third-order valence-corrected chi connectivity index (χ3v) is 2.88. The van der Waals surface area contributed by atoms with Crippen molar-refractivity contribution >= 4 is 6.03 Å². The van der Waals surface area contributed by atoms with E-state index in [1.54, 1.807) is 23.5 Å². The maximum atomic E-state index is 12.0. The van der Waals surface area contributed by atoms with Gasteiger partial charge in [0.1, 0.15) is 0 Å². The second kappa shape index (κ2) is 7.68. The molecule has 0 bridgehead atoms. The van der Waals surface area contributed by atoms with Crippen LogP contribution in [0.1, 0.15) is 33.3 Å². The van der Waals surface area contributed by atoms with Crippen molar-refractivity contribution in [1.82, 2.24) is 15.2 Å². The first-order chi connectivity index (χ1) is 9.42. The van der Waals surface area contributed by atoms with E-state index in [2.05, 4.69) is 31.1 Å². The van der Waals surface area contributed by atoms with Gasteiger partial charge in [0.25, 0.3) is 0 Å². The van der Waals surface area contributed by atoms with Crippen molar-refractivity contribution in [3.05, 3.63) is 42.4 Å². The van der Waals surface area contributed by atoms with Gasteiger partial charge in [0, 0.05) is 31.7 Å². The standard InChI is InChI=1S/C16H25N3O/c1-5-19(13-8-14-6-10-17-11-7-14)15(20)18-12-9-16(2,3)4/h6-7,9-12H,5,8,13H2,1-4H3,(H,18,20)/b12-9+. The number of hydrogen-bond acceptors (Lipinski definition) is 2. The minimum absolute atomic E-state index is 0.0537. The smallest absolute Gasteiger partial charge is 0.321 e. The van der Waals surface area contributed by atoms with E-state index >= 15 is 0 Å². The number of urea groups is 1. The fourth-order valence-electron chi connectivity index (χ4n) is 1.67. The molecule has 2 amide bonds. The van der Waals surface area contributed by atoms with E-state index in [0.29, 0.717) is 13.1 Å². The Bertz CT molecular complexity index is 435. The molecule has 1 N–H and O–H groups in total. The zero-order valence-electron chi connectivity index (χ0n) is 12.9. The quantitative estimate of drug-likeness (QED) is 0.896. The third-order valence-electron chi connectivity index (χ3n) is 2.88. The highest BCUT2D eigenvalue weighted by Crippen LogP contribution is 2.13. The topological polar surface area (TPSA) is 45.2 Å². The second-order valence-electron chi connectivity index (χ2n) is 5.83. The third kappa shape index (κ3) is 6.36. The summed E-state index contributed by atoms with van der Waals surface area (Å²) in [4.78, 5) is 17.8. The van der Waals surface area contributed by atoms with E-state index in [1.807, 2.05) is 25.1 Å². The molecule has 0 aromatic carbocycles. The van der Waals surface area contributed by atoms with E-state index < -0.39 is 0 Å². The van der Waals surface area contributed by atoms with Crippen LogP contribution in [0.2, 0.25) is 0 Å². The van der Waals surface area contributed by atoms with Crippen LogP contribution in [0, 0.1) is 5.41 Å². The van der Waals surface area contributed by atoms with E-state index in [0.717, 1.165) is 6.42 Å². The number of hydrogen-bond donors (Lipinski definition) is 1. The lowest BCUT2D eigenvalue weighted by molar-refractivity contribution is 0.205. The Morgan fingerprint density at radius 2 is 2.00 bits per heavy atom. The van der Waals surface area contributed by atoms with Gasteiger partial charge in [0.2, 0.25) is 0 Å². The van der Waals surface area contributed by atoms with Gasteiger partial charge < -0.3 is 10.2 Å². The first-order valence-corrected chi connectivity index (χ1v) is 7.04. The van der Waals surface area contributed by atoms with Crippen molar-refractivity contribution in [2.45, 2.75) is 34.1 Å². The minimum atomic E-state index is -0.0537. The lowest BCUT2D eigenvalue weighted by Gasteiger charge is -2.20. The Labute approximate surface area is 121 Å². The Balaban J connectivity index is 2.45. The summed E-state index contributed by atoms with van der Waals surface area (Å²) in [5, 5.41) is 2.82. The second-order valence-corrected chi connectivity index (χ2v) is 5.83. The molecule has 0 saturated carbocycles. The number of carbonyl (C=O) groups is 1. The highest BCUT2D eigenvalue weighted by molar-refractivity contribution is 5.75. The van der Waals surface area contributed by atoms with Gasteiger partial charge in [0.15, 0.2) is 0 Å². The van der Waals surface area contributed by atoms with Crippen molar-refractivity contribution < 1.29 is 4.79 Å². The van der Waals surface area contributed by atoms with Crippen LogP contribution in [0.4, 0.5) is 4.79 Å².